The monoisotopic (exact) mass is 241 g/mol. The third kappa shape index (κ3) is 2.74. The lowest BCUT2D eigenvalue weighted by atomic mass is 9.93. The highest BCUT2D eigenvalue weighted by Gasteiger charge is 2.15. The van der Waals surface area contributed by atoms with Crippen LogP contribution >= 0.6 is 0 Å². The van der Waals surface area contributed by atoms with Gasteiger partial charge in [-0.05, 0) is 24.1 Å². The first kappa shape index (κ1) is 12.3. The standard InChI is InChI=1S/C15H15NO2/c1-18-15-7-3-2-6-14(15)13(11-17)9-12-5-4-8-16-10-12/h2-8,10-11,13H,9H2,1H3. The van der Waals surface area contributed by atoms with E-state index in [1.807, 2.05) is 36.4 Å². The van der Waals surface area contributed by atoms with Gasteiger partial charge in [-0.1, -0.05) is 24.3 Å². The molecule has 1 atom stereocenters. The largest absolute Gasteiger partial charge is 0.496 e. The van der Waals surface area contributed by atoms with Gasteiger partial charge in [-0.25, -0.2) is 0 Å². The molecular formula is C15H15NO2. The maximum atomic E-state index is 11.3. The molecule has 3 nitrogen and oxygen atoms in total. The summed E-state index contributed by atoms with van der Waals surface area (Å²) >= 11 is 0. The van der Waals surface area contributed by atoms with Crippen LogP contribution in [0.25, 0.3) is 0 Å². The van der Waals surface area contributed by atoms with Crippen molar-refractivity contribution in [3.8, 4) is 5.75 Å². The number of rotatable bonds is 5. The average molecular weight is 241 g/mol. The van der Waals surface area contributed by atoms with E-state index in [0.717, 1.165) is 23.2 Å². The summed E-state index contributed by atoms with van der Waals surface area (Å²) in [6, 6.07) is 11.5. The van der Waals surface area contributed by atoms with Crippen LogP contribution in [0.2, 0.25) is 0 Å². The second-order valence-corrected chi connectivity index (χ2v) is 4.05. The number of para-hydroxylation sites is 1. The van der Waals surface area contributed by atoms with E-state index in [4.69, 9.17) is 4.74 Å². The molecule has 1 unspecified atom stereocenters. The Morgan fingerprint density at radius 3 is 2.78 bits per heavy atom. The van der Waals surface area contributed by atoms with Crippen molar-refractivity contribution in [3.05, 3.63) is 59.9 Å². The van der Waals surface area contributed by atoms with Crippen molar-refractivity contribution in [1.29, 1.82) is 0 Å². The highest BCUT2D eigenvalue weighted by Crippen LogP contribution is 2.27. The molecule has 0 N–H and O–H groups in total. The Hall–Kier alpha value is -2.16. The Bertz CT molecular complexity index is 511. The van der Waals surface area contributed by atoms with E-state index >= 15 is 0 Å². The van der Waals surface area contributed by atoms with Crippen molar-refractivity contribution in [2.24, 2.45) is 0 Å². The van der Waals surface area contributed by atoms with Crippen LogP contribution in [0.1, 0.15) is 17.0 Å². The highest BCUT2D eigenvalue weighted by atomic mass is 16.5. The molecule has 0 spiro atoms. The second-order valence-electron chi connectivity index (χ2n) is 4.05. The number of ether oxygens (including phenoxy) is 1. The number of aromatic nitrogens is 1. The van der Waals surface area contributed by atoms with Gasteiger partial charge in [0, 0.05) is 23.9 Å². The molecule has 0 radical (unpaired) electrons. The third-order valence-electron chi connectivity index (χ3n) is 2.88. The van der Waals surface area contributed by atoms with Gasteiger partial charge in [0.1, 0.15) is 12.0 Å². The predicted octanol–water partition coefficient (Wildman–Crippen LogP) is 2.62. The number of benzene rings is 1. The van der Waals surface area contributed by atoms with Gasteiger partial charge in [0.25, 0.3) is 0 Å². The van der Waals surface area contributed by atoms with Gasteiger partial charge in [-0.2, -0.15) is 0 Å². The summed E-state index contributed by atoms with van der Waals surface area (Å²) < 4.78 is 5.29. The topological polar surface area (TPSA) is 39.2 Å². The molecule has 2 rings (SSSR count). The van der Waals surface area contributed by atoms with Crippen LogP contribution in [-0.4, -0.2) is 18.4 Å². The van der Waals surface area contributed by atoms with Gasteiger partial charge < -0.3 is 9.53 Å². The summed E-state index contributed by atoms with van der Waals surface area (Å²) in [5.74, 6) is 0.545. The molecule has 0 saturated carbocycles. The SMILES string of the molecule is COc1ccccc1C(C=O)Cc1cccnc1. The first-order chi connectivity index (χ1) is 8.85. The Kier molecular flexibility index (Phi) is 4.07. The number of hydrogen-bond donors (Lipinski definition) is 0. The fourth-order valence-corrected chi connectivity index (χ4v) is 1.98. The molecular weight excluding hydrogens is 226 g/mol. The number of carbonyl (C=O) groups excluding carboxylic acids is 1. The molecule has 92 valence electrons. The number of pyridine rings is 1. The third-order valence-corrected chi connectivity index (χ3v) is 2.88. The zero-order valence-electron chi connectivity index (χ0n) is 10.2. The van der Waals surface area contributed by atoms with Gasteiger partial charge >= 0.3 is 0 Å². The van der Waals surface area contributed by atoms with Crippen LogP contribution in [-0.2, 0) is 11.2 Å². The minimum absolute atomic E-state index is 0.203. The van der Waals surface area contributed by atoms with E-state index in [1.54, 1.807) is 19.5 Å². The molecule has 3 heteroatoms. The van der Waals surface area contributed by atoms with Gasteiger partial charge in [0.15, 0.2) is 0 Å². The van der Waals surface area contributed by atoms with E-state index in [9.17, 15) is 4.79 Å². The summed E-state index contributed by atoms with van der Waals surface area (Å²) in [6.07, 6.45) is 5.11. The minimum atomic E-state index is -0.203. The summed E-state index contributed by atoms with van der Waals surface area (Å²) in [4.78, 5) is 15.4. The van der Waals surface area contributed by atoms with E-state index in [2.05, 4.69) is 4.98 Å². The van der Waals surface area contributed by atoms with Gasteiger partial charge in [0.2, 0.25) is 0 Å². The Morgan fingerprint density at radius 2 is 2.11 bits per heavy atom. The smallest absolute Gasteiger partial charge is 0.127 e. The molecule has 0 fully saturated rings. The molecule has 0 aliphatic rings. The maximum Gasteiger partial charge on any atom is 0.127 e. The molecule has 1 aromatic carbocycles. The van der Waals surface area contributed by atoms with Crippen molar-refractivity contribution in [3.63, 3.8) is 0 Å². The highest BCUT2D eigenvalue weighted by molar-refractivity contribution is 5.65. The van der Waals surface area contributed by atoms with Crippen LogP contribution in [0.4, 0.5) is 0 Å². The van der Waals surface area contributed by atoms with Crippen LogP contribution in [0.5, 0.6) is 5.75 Å². The summed E-state index contributed by atoms with van der Waals surface area (Å²) in [5.41, 5.74) is 1.96. The van der Waals surface area contributed by atoms with Crippen LogP contribution < -0.4 is 4.74 Å². The Labute approximate surface area is 106 Å². The average Bonchev–Trinajstić information content (AvgIpc) is 2.46. The molecule has 1 heterocycles. The fraction of sp³-hybridized carbons (Fsp3) is 0.200. The molecule has 0 aliphatic heterocycles. The Balaban J connectivity index is 2.26. The first-order valence-electron chi connectivity index (χ1n) is 5.82. The molecule has 0 saturated heterocycles. The van der Waals surface area contributed by atoms with Gasteiger partial charge in [-0.15, -0.1) is 0 Å². The number of aldehydes is 1. The molecule has 0 amide bonds. The lowest BCUT2D eigenvalue weighted by molar-refractivity contribution is -0.109. The van der Waals surface area contributed by atoms with Crippen LogP contribution in [0, 0.1) is 0 Å². The fourth-order valence-electron chi connectivity index (χ4n) is 1.98. The van der Waals surface area contributed by atoms with Crippen LogP contribution in [0.15, 0.2) is 48.8 Å². The molecule has 2 aromatic rings. The summed E-state index contributed by atoms with van der Waals surface area (Å²) in [5, 5.41) is 0. The van der Waals surface area contributed by atoms with E-state index in [1.165, 1.54) is 0 Å². The lowest BCUT2D eigenvalue weighted by Gasteiger charge is -2.14. The van der Waals surface area contributed by atoms with E-state index < -0.39 is 0 Å². The quantitative estimate of drug-likeness (QED) is 0.755. The number of methoxy groups -OCH3 is 1. The molecule has 1 aromatic heterocycles. The van der Waals surface area contributed by atoms with Crippen molar-refractivity contribution in [1.82, 2.24) is 4.98 Å². The van der Waals surface area contributed by atoms with Crippen molar-refractivity contribution in [2.75, 3.05) is 7.11 Å². The number of nitrogens with zero attached hydrogens (tertiary/aromatic N) is 1. The van der Waals surface area contributed by atoms with E-state index in [-0.39, 0.29) is 5.92 Å². The van der Waals surface area contributed by atoms with Crippen LogP contribution in [0.3, 0.4) is 0 Å². The molecule has 0 bridgehead atoms. The zero-order chi connectivity index (χ0) is 12.8. The second kappa shape index (κ2) is 5.96. The summed E-state index contributed by atoms with van der Waals surface area (Å²) in [6.45, 7) is 0. The zero-order valence-corrected chi connectivity index (χ0v) is 10.2. The van der Waals surface area contributed by atoms with Gasteiger partial charge in [-0.3, -0.25) is 4.98 Å². The van der Waals surface area contributed by atoms with Gasteiger partial charge in [0.05, 0.1) is 7.11 Å². The minimum Gasteiger partial charge on any atom is -0.496 e. The summed E-state index contributed by atoms with van der Waals surface area (Å²) in [7, 11) is 1.62. The molecule has 0 aliphatic carbocycles. The predicted molar refractivity (Wildman–Crippen MR) is 69.7 cm³/mol. The number of hydrogen-bond acceptors (Lipinski definition) is 3. The Morgan fingerprint density at radius 1 is 1.28 bits per heavy atom. The first-order valence-corrected chi connectivity index (χ1v) is 5.82. The maximum absolute atomic E-state index is 11.3. The van der Waals surface area contributed by atoms with Crippen molar-refractivity contribution >= 4 is 6.29 Å². The molecule has 18 heavy (non-hydrogen) atoms. The number of carbonyl (C=O) groups is 1. The van der Waals surface area contributed by atoms with Crippen molar-refractivity contribution < 1.29 is 9.53 Å². The van der Waals surface area contributed by atoms with Crippen molar-refractivity contribution in [2.45, 2.75) is 12.3 Å². The lowest BCUT2D eigenvalue weighted by Crippen LogP contribution is -2.06. The normalized spacial score (nSPS) is 11.8. The van der Waals surface area contributed by atoms with E-state index in [0.29, 0.717) is 6.42 Å².